The number of rotatable bonds is 4. The van der Waals surface area contributed by atoms with Crippen molar-refractivity contribution in [3.63, 3.8) is 0 Å². The molecule has 0 aliphatic rings. The molecule has 0 radical (unpaired) electrons. The van der Waals surface area contributed by atoms with Gasteiger partial charge in [0.05, 0.1) is 6.61 Å². The first-order chi connectivity index (χ1) is 4.48. The lowest BCUT2D eigenvalue weighted by atomic mass is 10.4. The zero-order chi connectivity index (χ0) is 8.20. The predicted octanol–water partition coefficient (Wildman–Crippen LogP) is 2.30. The van der Waals surface area contributed by atoms with Crippen molar-refractivity contribution in [3.05, 3.63) is 12.2 Å². The molecule has 0 aromatic carbocycles. The molecule has 0 aliphatic carbocycles. The number of hydrogen-bond donors (Lipinski definition) is 1. The Bertz CT molecular complexity index is 123. The summed E-state index contributed by atoms with van der Waals surface area (Å²) in [4.78, 5) is 0. The molecule has 1 nitrogen and oxygen atoms in total. The standard InChI is InChI=1S/C7H15BrOS/c1-7(2)6-10(3,8)5-4-9/h9H,1,4-6H2,2-3H3. The second kappa shape index (κ2) is 4.42. The van der Waals surface area contributed by atoms with E-state index < -0.39 is 8.46 Å². The Morgan fingerprint density at radius 1 is 1.70 bits per heavy atom. The van der Waals surface area contributed by atoms with Gasteiger partial charge in [0, 0.05) is 11.5 Å². The van der Waals surface area contributed by atoms with Crippen LogP contribution in [-0.4, -0.2) is 29.5 Å². The second-order valence-corrected chi connectivity index (χ2v) is 10.4. The van der Waals surface area contributed by atoms with Crippen LogP contribution in [0.25, 0.3) is 0 Å². The average Bonchev–Trinajstić information content (AvgIpc) is 1.59. The Kier molecular flexibility index (Phi) is 4.65. The number of aliphatic hydroxyl groups is 1. The highest BCUT2D eigenvalue weighted by molar-refractivity contribution is 9.58. The molecule has 62 valence electrons. The van der Waals surface area contributed by atoms with Gasteiger partial charge in [0.1, 0.15) is 0 Å². The quantitative estimate of drug-likeness (QED) is 0.730. The van der Waals surface area contributed by atoms with Crippen molar-refractivity contribution in [1.82, 2.24) is 0 Å². The molecule has 10 heavy (non-hydrogen) atoms. The fourth-order valence-corrected chi connectivity index (χ4v) is 3.94. The molecule has 0 fully saturated rings. The molecule has 0 saturated carbocycles. The van der Waals surface area contributed by atoms with Crippen molar-refractivity contribution in [2.75, 3.05) is 24.4 Å². The van der Waals surface area contributed by atoms with Gasteiger partial charge in [0.25, 0.3) is 0 Å². The van der Waals surface area contributed by atoms with Crippen LogP contribution in [0, 0.1) is 0 Å². The fraction of sp³-hybridized carbons (Fsp3) is 0.714. The molecule has 0 aromatic heterocycles. The summed E-state index contributed by atoms with van der Waals surface area (Å²) in [5.74, 6) is 1.87. The fourth-order valence-electron chi connectivity index (χ4n) is 0.776. The molecular weight excluding hydrogens is 212 g/mol. The van der Waals surface area contributed by atoms with Gasteiger partial charge in [0.15, 0.2) is 0 Å². The van der Waals surface area contributed by atoms with Crippen molar-refractivity contribution in [2.24, 2.45) is 0 Å². The van der Waals surface area contributed by atoms with E-state index in [1.165, 1.54) is 5.57 Å². The zero-order valence-electron chi connectivity index (χ0n) is 6.56. The molecule has 1 N–H and O–H groups in total. The molecule has 1 atom stereocenters. The lowest BCUT2D eigenvalue weighted by Crippen LogP contribution is -2.04. The van der Waals surface area contributed by atoms with E-state index in [2.05, 4.69) is 27.6 Å². The Balaban J connectivity index is 3.74. The van der Waals surface area contributed by atoms with Crippen LogP contribution in [-0.2, 0) is 0 Å². The van der Waals surface area contributed by atoms with Gasteiger partial charge in [-0.2, -0.15) is 8.46 Å². The van der Waals surface area contributed by atoms with E-state index in [0.29, 0.717) is 0 Å². The highest BCUT2D eigenvalue weighted by Crippen LogP contribution is 2.52. The maximum atomic E-state index is 8.68. The van der Waals surface area contributed by atoms with Gasteiger partial charge in [0.2, 0.25) is 0 Å². The van der Waals surface area contributed by atoms with E-state index in [9.17, 15) is 0 Å². The molecular formula is C7H15BrOS. The highest BCUT2D eigenvalue weighted by Gasteiger charge is 2.12. The van der Waals surface area contributed by atoms with Crippen LogP contribution in [0.15, 0.2) is 12.2 Å². The van der Waals surface area contributed by atoms with Crippen molar-refractivity contribution in [3.8, 4) is 0 Å². The van der Waals surface area contributed by atoms with Crippen LogP contribution in [0.5, 0.6) is 0 Å². The van der Waals surface area contributed by atoms with E-state index >= 15 is 0 Å². The summed E-state index contributed by atoms with van der Waals surface area (Å²) in [5, 5.41) is 8.68. The summed E-state index contributed by atoms with van der Waals surface area (Å²) in [5.41, 5.74) is 1.18. The minimum absolute atomic E-state index is 0.268. The highest BCUT2D eigenvalue weighted by atomic mass is 79.9. The minimum Gasteiger partial charge on any atom is -0.396 e. The van der Waals surface area contributed by atoms with Crippen LogP contribution in [0.4, 0.5) is 0 Å². The third kappa shape index (κ3) is 5.33. The summed E-state index contributed by atoms with van der Waals surface area (Å²) in [6.45, 7) is 6.12. The molecule has 0 saturated heterocycles. The first-order valence-electron chi connectivity index (χ1n) is 3.16. The van der Waals surface area contributed by atoms with E-state index in [-0.39, 0.29) is 6.61 Å². The SMILES string of the molecule is C=C(C)CS(C)(Br)CCO. The Labute approximate surface area is 72.0 Å². The smallest absolute Gasteiger partial charge is 0.0514 e. The number of aliphatic hydroxyl groups excluding tert-OH is 1. The molecule has 3 heteroatoms. The lowest BCUT2D eigenvalue weighted by molar-refractivity contribution is 0.322. The number of hydrogen-bond acceptors (Lipinski definition) is 1. The Morgan fingerprint density at radius 3 is 2.50 bits per heavy atom. The third-order valence-corrected chi connectivity index (χ3v) is 4.85. The van der Waals surface area contributed by atoms with Gasteiger partial charge in [-0.25, -0.2) is 0 Å². The van der Waals surface area contributed by atoms with Crippen LogP contribution < -0.4 is 0 Å². The van der Waals surface area contributed by atoms with E-state index in [0.717, 1.165) is 11.5 Å². The van der Waals surface area contributed by atoms with E-state index in [4.69, 9.17) is 5.11 Å². The van der Waals surface area contributed by atoms with E-state index in [1.807, 2.05) is 6.92 Å². The number of halogens is 1. The van der Waals surface area contributed by atoms with Gasteiger partial charge >= 0.3 is 0 Å². The summed E-state index contributed by atoms with van der Waals surface area (Å²) in [6, 6.07) is 0. The second-order valence-electron chi connectivity index (χ2n) is 2.68. The largest absolute Gasteiger partial charge is 0.396 e. The first kappa shape index (κ1) is 10.5. The molecule has 0 aromatic rings. The molecule has 0 amide bonds. The van der Waals surface area contributed by atoms with Crippen LogP contribution in [0.2, 0.25) is 0 Å². The van der Waals surface area contributed by atoms with Crippen LogP contribution >= 0.6 is 23.3 Å². The van der Waals surface area contributed by atoms with Gasteiger partial charge in [-0.05, 0) is 28.0 Å². The van der Waals surface area contributed by atoms with Crippen molar-refractivity contribution < 1.29 is 5.11 Å². The molecule has 0 rings (SSSR count). The van der Waals surface area contributed by atoms with Crippen LogP contribution in [0.3, 0.4) is 0 Å². The van der Waals surface area contributed by atoms with Gasteiger partial charge in [-0.15, -0.1) is 0 Å². The van der Waals surface area contributed by atoms with Crippen molar-refractivity contribution >= 4 is 23.3 Å². The monoisotopic (exact) mass is 226 g/mol. The summed E-state index contributed by atoms with van der Waals surface area (Å²) in [6.07, 6.45) is 2.15. The summed E-state index contributed by atoms with van der Waals surface area (Å²) < 4.78 is 0. The van der Waals surface area contributed by atoms with Crippen LogP contribution in [0.1, 0.15) is 6.92 Å². The molecule has 1 unspecified atom stereocenters. The van der Waals surface area contributed by atoms with Crippen molar-refractivity contribution in [2.45, 2.75) is 6.92 Å². The Hall–Kier alpha value is 0.530. The normalized spacial score (nSPS) is 19.6. The van der Waals surface area contributed by atoms with E-state index in [1.54, 1.807) is 0 Å². The van der Waals surface area contributed by atoms with Gasteiger partial charge < -0.3 is 5.11 Å². The zero-order valence-corrected chi connectivity index (χ0v) is 8.96. The predicted molar refractivity (Wildman–Crippen MR) is 54.1 cm³/mol. The minimum atomic E-state index is -0.768. The summed E-state index contributed by atoms with van der Waals surface area (Å²) in [7, 11) is -0.768. The average molecular weight is 227 g/mol. The third-order valence-electron chi connectivity index (χ3n) is 1.06. The molecule has 0 bridgehead atoms. The van der Waals surface area contributed by atoms with Crippen molar-refractivity contribution in [1.29, 1.82) is 0 Å². The van der Waals surface area contributed by atoms with Gasteiger partial charge in [-0.3, -0.25) is 0 Å². The summed E-state index contributed by atoms with van der Waals surface area (Å²) >= 11 is 3.61. The first-order valence-corrected chi connectivity index (χ1v) is 7.39. The molecule has 0 aliphatic heterocycles. The molecule has 0 spiro atoms. The maximum absolute atomic E-state index is 8.68. The lowest BCUT2D eigenvalue weighted by Gasteiger charge is -2.27. The maximum Gasteiger partial charge on any atom is 0.0514 e. The van der Waals surface area contributed by atoms with Gasteiger partial charge in [-0.1, -0.05) is 12.2 Å². The topological polar surface area (TPSA) is 20.2 Å². The Morgan fingerprint density at radius 2 is 2.20 bits per heavy atom. The molecule has 0 heterocycles.